The average molecular weight is 380 g/mol. The van der Waals surface area contributed by atoms with E-state index in [0.29, 0.717) is 22.2 Å². The minimum Gasteiger partial charge on any atom is -0.309 e. The van der Waals surface area contributed by atoms with Crippen molar-refractivity contribution in [2.45, 2.75) is 25.7 Å². The zero-order valence-electron chi connectivity index (χ0n) is 14.5. The molecule has 1 amide bonds. The molecule has 1 aliphatic carbocycles. The Hall–Kier alpha value is -2.80. The van der Waals surface area contributed by atoms with Crippen LogP contribution in [0.25, 0.3) is 26.6 Å². The molecule has 0 saturated heterocycles. The van der Waals surface area contributed by atoms with E-state index < -0.39 is 0 Å². The first kappa shape index (κ1) is 16.4. The largest absolute Gasteiger partial charge is 0.309 e. The molecule has 3 heterocycles. The smallest absolute Gasteiger partial charge is 0.228 e. The van der Waals surface area contributed by atoms with E-state index in [1.807, 2.05) is 24.3 Å². The Labute approximate surface area is 158 Å². The van der Waals surface area contributed by atoms with Crippen molar-refractivity contribution in [1.29, 1.82) is 0 Å². The summed E-state index contributed by atoms with van der Waals surface area (Å²) >= 11 is 1.50. The lowest BCUT2D eigenvalue weighted by atomic mass is 10.1. The molecule has 5 rings (SSSR count). The number of hydrogen-bond donors (Lipinski definition) is 1. The van der Waals surface area contributed by atoms with E-state index in [0.717, 1.165) is 35.9 Å². The van der Waals surface area contributed by atoms with Crippen molar-refractivity contribution in [2.75, 3.05) is 5.32 Å². The Bertz CT molecular complexity index is 1130. The number of carbonyl (C=O) groups excluding carboxylic acids is 1. The lowest BCUT2D eigenvalue weighted by Crippen LogP contribution is -2.20. The summed E-state index contributed by atoms with van der Waals surface area (Å²) in [6, 6.07) is 10.8. The maximum absolute atomic E-state index is 13.9. The number of thiazole rings is 1. The third-order valence-electron chi connectivity index (χ3n) is 5.05. The number of aromatic nitrogens is 3. The van der Waals surface area contributed by atoms with Crippen molar-refractivity contribution in [3.8, 4) is 10.7 Å². The fourth-order valence-corrected chi connectivity index (χ4v) is 4.70. The van der Waals surface area contributed by atoms with Gasteiger partial charge in [0.1, 0.15) is 22.2 Å². The second kappa shape index (κ2) is 6.42. The summed E-state index contributed by atoms with van der Waals surface area (Å²) in [6.07, 6.45) is 5.36. The van der Waals surface area contributed by atoms with Crippen LogP contribution < -0.4 is 5.32 Å². The first-order valence-electron chi connectivity index (χ1n) is 9.03. The molecule has 1 saturated carbocycles. The second-order valence-corrected chi connectivity index (χ2v) is 7.87. The molecule has 0 atom stereocenters. The number of nitrogens with zero attached hydrogens (tertiary/aromatic N) is 3. The number of imidazole rings is 1. The lowest BCUT2D eigenvalue weighted by Gasteiger charge is -2.09. The quantitative estimate of drug-likeness (QED) is 0.551. The molecule has 5 nitrogen and oxygen atoms in total. The molecule has 136 valence electrons. The van der Waals surface area contributed by atoms with Crippen LogP contribution in [-0.2, 0) is 4.79 Å². The molecular weight excluding hydrogens is 363 g/mol. The van der Waals surface area contributed by atoms with Gasteiger partial charge in [0, 0.05) is 12.1 Å². The van der Waals surface area contributed by atoms with E-state index in [1.54, 1.807) is 10.5 Å². The van der Waals surface area contributed by atoms with Crippen molar-refractivity contribution < 1.29 is 9.18 Å². The topological polar surface area (TPSA) is 59.3 Å². The minimum absolute atomic E-state index is 0.0151. The van der Waals surface area contributed by atoms with Crippen LogP contribution in [0, 0.1) is 11.7 Å². The van der Waals surface area contributed by atoms with Gasteiger partial charge < -0.3 is 5.32 Å². The third kappa shape index (κ3) is 2.88. The first-order chi connectivity index (χ1) is 13.2. The van der Waals surface area contributed by atoms with E-state index in [-0.39, 0.29) is 17.6 Å². The molecule has 7 heteroatoms. The zero-order valence-corrected chi connectivity index (χ0v) is 15.3. The molecule has 1 aromatic carbocycles. The molecule has 4 aromatic rings. The number of anilines is 1. The highest BCUT2D eigenvalue weighted by Gasteiger charge is 2.26. The predicted octanol–water partition coefficient (Wildman–Crippen LogP) is 4.88. The Morgan fingerprint density at radius 3 is 2.78 bits per heavy atom. The van der Waals surface area contributed by atoms with E-state index in [1.165, 1.54) is 23.6 Å². The number of pyridine rings is 1. The second-order valence-electron chi connectivity index (χ2n) is 6.84. The average Bonchev–Trinajstić information content (AvgIpc) is 3.39. The molecule has 1 aliphatic rings. The van der Waals surface area contributed by atoms with Gasteiger partial charge in [-0.25, -0.2) is 14.4 Å². The highest BCUT2D eigenvalue weighted by Crippen LogP contribution is 2.36. The fourth-order valence-electron chi connectivity index (χ4n) is 3.69. The standard InChI is InChI=1S/C20H17FN4OS/c21-13-9-10-16-23-18(24-19(26)12-5-1-2-6-12)17(25(16)11-13)20-22-14-7-3-4-8-15(14)27-20/h3-4,7-12H,1-2,5-6H2,(H,24,26). The summed E-state index contributed by atoms with van der Waals surface area (Å²) in [4.78, 5) is 21.9. The number of fused-ring (bicyclic) bond motifs is 2. The lowest BCUT2D eigenvalue weighted by molar-refractivity contribution is -0.119. The predicted molar refractivity (Wildman–Crippen MR) is 104 cm³/mol. The summed E-state index contributed by atoms with van der Waals surface area (Å²) < 4.78 is 16.6. The van der Waals surface area contributed by atoms with Gasteiger partial charge in [-0.3, -0.25) is 9.20 Å². The maximum atomic E-state index is 13.9. The molecule has 3 aromatic heterocycles. The number of hydrogen-bond acceptors (Lipinski definition) is 4. The molecule has 0 aliphatic heterocycles. The number of para-hydroxylation sites is 1. The van der Waals surface area contributed by atoms with Crippen molar-refractivity contribution in [1.82, 2.24) is 14.4 Å². The SMILES string of the molecule is O=C(Nc1nc2ccc(F)cn2c1-c1nc2ccccc2s1)C1CCCC1. The van der Waals surface area contributed by atoms with Gasteiger partial charge in [0.05, 0.1) is 10.2 Å². The van der Waals surface area contributed by atoms with E-state index >= 15 is 0 Å². The molecule has 0 bridgehead atoms. The minimum atomic E-state index is -0.365. The number of rotatable bonds is 3. The summed E-state index contributed by atoms with van der Waals surface area (Å²) in [7, 11) is 0. The third-order valence-corrected chi connectivity index (χ3v) is 6.09. The maximum Gasteiger partial charge on any atom is 0.228 e. The Kier molecular flexibility index (Phi) is 3.89. The molecule has 0 radical (unpaired) electrons. The molecule has 1 fully saturated rings. The number of benzene rings is 1. The van der Waals surface area contributed by atoms with Crippen molar-refractivity contribution in [3.05, 3.63) is 48.4 Å². The van der Waals surface area contributed by atoms with Crippen LogP contribution in [0.5, 0.6) is 0 Å². The molecule has 0 unspecified atom stereocenters. The van der Waals surface area contributed by atoms with Crippen LogP contribution in [0.3, 0.4) is 0 Å². The number of nitrogens with one attached hydrogen (secondary N) is 1. The van der Waals surface area contributed by atoms with Gasteiger partial charge in [-0.05, 0) is 37.1 Å². The van der Waals surface area contributed by atoms with E-state index in [9.17, 15) is 9.18 Å². The van der Waals surface area contributed by atoms with Crippen molar-refractivity contribution in [3.63, 3.8) is 0 Å². The van der Waals surface area contributed by atoms with E-state index in [2.05, 4.69) is 15.3 Å². The highest BCUT2D eigenvalue weighted by atomic mass is 32.1. The van der Waals surface area contributed by atoms with Crippen LogP contribution in [0.1, 0.15) is 25.7 Å². The van der Waals surface area contributed by atoms with Gasteiger partial charge in [-0.1, -0.05) is 25.0 Å². The summed E-state index contributed by atoms with van der Waals surface area (Å²) in [5.74, 6) is 0.0843. The normalized spacial score (nSPS) is 15.0. The molecule has 27 heavy (non-hydrogen) atoms. The van der Waals surface area contributed by atoms with Gasteiger partial charge in [0.2, 0.25) is 5.91 Å². The number of halogens is 1. The summed E-state index contributed by atoms with van der Waals surface area (Å²) in [5.41, 5.74) is 2.07. The van der Waals surface area contributed by atoms with Crippen LogP contribution in [0.2, 0.25) is 0 Å². The van der Waals surface area contributed by atoms with Gasteiger partial charge in [0.25, 0.3) is 0 Å². The summed E-state index contributed by atoms with van der Waals surface area (Å²) in [5, 5.41) is 3.68. The van der Waals surface area contributed by atoms with Crippen LogP contribution in [0.15, 0.2) is 42.6 Å². The van der Waals surface area contributed by atoms with Crippen LogP contribution >= 0.6 is 11.3 Å². The van der Waals surface area contributed by atoms with E-state index in [4.69, 9.17) is 0 Å². The van der Waals surface area contributed by atoms with Crippen molar-refractivity contribution >= 4 is 38.9 Å². The Morgan fingerprint density at radius 1 is 1.15 bits per heavy atom. The highest BCUT2D eigenvalue weighted by molar-refractivity contribution is 7.21. The Morgan fingerprint density at radius 2 is 1.96 bits per heavy atom. The monoisotopic (exact) mass is 380 g/mol. The van der Waals surface area contributed by atoms with Crippen LogP contribution in [0.4, 0.5) is 10.2 Å². The number of amides is 1. The Balaban J connectivity index is 1.65. The molecule has 1 N–H and O–H groups in total. The first-order valence-corrected chi connectivity index (χ1v) is 9.85. The zero-order chi connectivity index (χ0) is 18.4. The van der Waals surface area contributed by atoms with Crippen molar-refractivity contribution in [2.24, 2.45) is 5.92 Å². The van der Waals surface area contributed by atoms with Gasteiger partial charge in [-0.2, -0.15) is 0 Å². The van der Waals surface area contributed by atoms with Gasteiger partial charge in [-0.15, -0.1) is 11.3 Å². The van der Waals surface area contributed by atoms with Gasteiger partial charge in [0.15, 0.2) is 5.82 Å². The van der Waals surface area contributed by atoms with Gasteiger partial charge >= 0.3 is 0 Å². The fraction of sp³-hybridized carbons (Fsp3) is 0.250. The number of carbonyl (C=O) groups is 1. The van der Waals surface area contributed by atoms with Crippen LogP contribution in [-0.4, -0.2) is 20.3 Å². The molecule has 0 spiro atoms. The molecular formula is C20H17FN4OS. The summed E-state index contributed by atoms with van der Waals surface area (Å²) in [6.45, 7) is 0.